The summed E-state index contributed by atoms with van der Waals surface area (Å²) in [6.07, 6.45) is 2.31. The van der Waals surface area contributed by atoms with E-state index in [1.54, 1.807) is 0 Å². The van der Waals surface area contributed by atoms with E-state index in [0.717, 1.165) is 42.8 Å². The van der Waals surface area contributed by atoms with Crippen molar-refractivity contribution in [2.75, 3.05) is 30.3 Å². The molecular formula is C20H27NO4S. The van der Waals surface area contributed by atoms with E-state index in [1.807, 2.05) is 25.1 Å². The third-order valence-electron chi connectivity index (χ3n) is 4.17. The summed E-state index contributed by atoms with van der Waals surface area (Å²) < 4.78 is 11.2. The molecule has 0 aliphatic heterocycles. The van der Waals surface area contributed by atoms with Gasteiger partial charge in [0.15, 0.2) is 5.12 Å². The van der Waals surface area contributed by atoms with Gasteiger partial charge in [0.2, 0.25) is 0 Å². The number of thioether (sulfide) groups is 1. The first-order valence-electron chi connectivity index (χ1n) is 9.20. The second-order valence-corrected chi connectivity index (χ2v) is 7.06. The van der Waals surface area contributed by atoms with Crippen LogP contribution in [0.15, 0.2) is 33.5 Å². The van der Waals surface area contributed by atoms with E-state index in [4.69, 9.17) is 9.15 Å². The van der Waals surface area contributed by atoms with Crippen LogP contribution in [0.25, 0.3) is 11.0 Å². The lowest BCUT2D eigenvalue weighted by molar-refractivity contribution is -0.110. The van der Waals surface area contributed by atoms with E-state index in [-0.39, 0.29) is 5.12 Å². The molecule has 1 aromatic heterocycles. The van der Waals surface area contributed by atoms with Gasteiger partial charge in [-0.1, -0.05) is 18.7 Å². The predicted octanol–water partition coefficient (Wildman–Crippen LogP) is 4.47. The molecule has 0 saturated carbocycles. The van der Waals surface area contributed by atoms with Gasteiger partial charge in [-0.05, 0) is 38.8 Å². The van der Waals surface area contributed by atoms with Crippen molar-refractivity contribution >= 4 is 33.5 Å². The number of hydrogen-bond acceptors (Lipinski definition) is 6. The SMILES string of the molecule is CCC(=O)SCCCCOc1cc(=O)oc2cc(N(CC)CC)ccc12. The van der Waals surface area contributed by atoms with Gasteiger partial charge in [0, 0.05) is 37.0 Å². The normalized spacial score (nSPS) is 10.9. The molecule has 0 atom stereocenters. The maximum Gasteiger partial charge on any atom is 0.339 e. The zero-order valence-corrected chi connectivity index (χ0v) is 16.6. The van der Waals surface area contributed by atoms with Gasteiger partial charge >= 0.3 is 5.63 Å². The molecule has 0 unspecified atom stereocenters. The Morgan fingerprint density at radius 1 is 1.15 bits per heavy atom. The summed E-state index contributed by atoms with van der Waals surface area (Å²) in [6.45, 7) is 8.35. The highest BCUT2D eigenvalue weighted by Gasteiger charge is 2.10. The smallest absolute Gasteiger partial charge is 0.339 e. The molecule has 0 aliphatic rings. The Kier molecular flexibility index (Phi) is 8.04. The van der Waals surface area contributed by atoms with Gasteiger partial charge in [0.25, 0.3) is 0 Å². The first kappa shape index (κ1) is 20.4. The molecule has 0 saturated heterocycles. The fourth-order valence-corrected chi connectivity index (χ4v) is 3.48. The van der Waals surface area contributed by atoms with Crippen LogP contribution in [0.1, 0.15) is 40.0 Å². The Morgan fingerprint density at radius 2 is 1.92 bits per heavy atom. The summed E-state index contributed by atoms with van der Waals surface area (Å²) in [6, 6.07) is 7.25. The third-order valence-corrected chi connectivity index (χ3v) is 5.27. The van der Waals surface area contributed by atoms with Crippen molar-refractivity contribution in [3.05, 3.63) is 34.7 Å². The maximum absolute atomic E-state index is 11.9. The van der Waals surface area contributed by atoms with Crippen molar-refractivity contribution in [3.63, 3.8) is 0 Å². The van der Waals surface area contributed by atoms with Gasteiger partial charge in [-0.2, -0.15) is 0 Å². The average molecular weight is 378 g/mol. The molecular weight excluding hydrogens is 350 g/mol. The zero-order valence-electron chi connectivity index (χ0n) is 15.7. The van der Waals surface area contributed by atoms with E-state index in [0.29, 0.717) is 24.4 Å². The van der Waals surface area contributed by atoms with Gasteiger partial charge in [-0.15, -0.1) is 0 Å². The standard InChI is InChI=1S/C20H27NO4S/c1-4-20(23)26-12-8-7-11-24-17-14-19(22)25-18-13-15(9-10-16(17)18)21(5-2)6-3/h9-10,13-14H,4-8,11-12H2,1-3H3. The molecule has 2 aromatic rings. The number of hydrogen-bond donors (Lipinski definition) is 0. The Labute approximate surface area is 158 Å². The van der Waals surface area contributed by atoms with E-state index in [2.05, 4.69) is 18.7 Å². The van der Waals surface area contributed by atoms with Crippen LogP contribution in [-0.2, 0) is 4.79 Å². The van der Waals surface area contributed by atoms with Crippen molar-refractivity contribution in [3.8, 4) is 5.75 Å². The van der Waals surface area contributed by atoms with Crippen molar-refractivity contribution in [2.45, 2.75) is 40.0 Å². The van der Waals surface area contributed by atoms with Gasteiger partial charge in [-0.25, -0.2) is 4.79 Å². The molecule has 0 radical (unpaired) electrons. The minimum Gasteiger partial charge on any atom is -0.493 e. The van der Waals surface area contributed by atoms with Crippen LogP contribution < -0.4 is 15.3 Å². The molecule has 0 amide bonds. The Hall–Kier alpha value is -1.95. The van der Waals surface area contributed by atoms with Crippen LogP contribution in [0.2, 0.25) is 0 Å². The lowest BCUT2D eigenvalue weighted by Crippen LogP contribution is -2.21. The molecule has 142 valence electrons. The van der Waals surface area contributed by atoms with Gasteiger partial charge < -0.3 is 14.1 Å². The number of unbranched alkanes of at least 4 members (excludes halogenated alkanes) is 1. The molecule has 0 bridgehead atoms. The summed E-state index contributed by atoms with van der Waals surface area (Å²) in [7, 11) is 0. The van der Waals surface area contributed by atoms with E-state index >= 15 is 0 Å². The molecule has 2 rings (SSSR count). The second-order valence-electron chi connectivity index (χ2n) is 5.91. The monoisotopic (exact) mass is 377 g/mol. The molecule has 0 fully saturated rings. The number of carbonyl (C=O) groups is 1. The number of fused-ring (bicyclic) bond motifs is 1. The van der Waals surface area contributed by atoms with Crippen molar-refractivity contribution in [1.82, 2.24) is 0 Å². The minimum atomic E-state index is -0.409. The highest BCUT2D eigenvalue weighted by molar-refractivity contribution is 8.13. The quantitative estimate of drug-likeness (QED) is 0.450. The topological polar surface area (TPSA) is 59.8 Å². The summed E-state index contributed by atoms with van der Waals surface area (Å²) in [4.78, 5) is 25.3. The summed E-state index contributed by atoms with van der Waals surface area (Å²) in [5.41, 5.74) is 1.16. The molecule has 5 nitrogen and oxygen atoms in total. The molecule has 6 heteroatoms. The Morgan fingerprint density at radius 3 is 2.62 bits per heavy atom. The fourth-order valence-electron chi connectivity index (χ4n) is 2.70. The van der Waals surface area contributed by atoms with Gasteiger partial charge in [0.1, 0.15) is 11.3 Å². The molecule has 0 spiro atoms. The number of nitrogens with zero attached hydrogens (tertiary/aromatic N) is 1. The Balaban J connectivity index is 2.03. The number of benzene rings is 1. The maximum atomic E-state index is 11.9. The lowest BCUT2D eigenvalue weighted by Gasteiger charge is -2.21. The lowest BCUT2D eigenvalue weighted by atomic mass is 10.2. The third kappa shape index (κ3) is 5.53. The number of rotatable bonds is 10. The van der Waals surface area contributed by atoms with E-state index in [9.17, 15) is 9.59 Å². The van der Waals surface area contributed by atoms with Crippen molar-refractivity contribution < 1.29 is 13.9 Å². The number of ether oxygens (including phenoxy) is 1. The van der Waals surface area contributed by atoms with Crippen molar-refractivity contribution in [2.24, 2.45) is 0 Å². The van der Waals surface area contributed by atoms with Gasteiger partial charge in [0.05, 0.1) is 18.1 Å². The molecule has 1 heterocycles. The van der Waals surface area contributed by atoms with Crippen LogP contribution in [-0.4, -0.2) is 30.6 Å². The first-order chi connectivity index (χ1) is 12.6. The molecule has 0 N–H and O–H groups in total. The van der Waals surface area contributed by atoms with Crippen LogP contribution in [0.4, 0.5) is 5.69 Å². The van der Waals surface area contributed by atoms with E-state index in [1.165, 1.54) is 17.8 Å². The Bertz CT molecular complexity index is 783. The number of anilines is 1. The van der Waals surface area contributed by atoms with E-state index < -0.39 is 5.63 Å². The number of carbonyl (C=O) groups excluding carboxylic acids is 1. The highest BCUT2D eigenvalue weighted by atomic mass is 32.2. The van der Waals surface area contributed by atoms with Crippen LogP contribution in [0.3, 0.4) is 0 Å². The molecule has 26 heavy (non-hydrogen) atoms. The summed E-state index contributed by atoms with van der Waals surface area (Å²) in [5, 5.41) is 1.03. The van der Waals surface area contributed by atoms with Crippen molar-refractivity contribution in [1.29, 1.82) is 0 Å². The largest absolute Gasteiger partial charge is 0.493 e. The fraction of sp³-hybridized carbons (Fsp3) is 0.500. The predicted molar refractivity (Wildman–Crippen MR) is 109 cm³/mol. The highest BCUT2D eigenvalue weighted by Crippen LogP contribution is 2.28. The summed E-state index contributed by atoms with van der Waals surface area (Å²) in [5.74, 6) is 1.36. The van der Waals surface area contributed by atoms with Gasteiger partial charge in [-0.3, -0.25) is 4.79 Å². The van der Waals surface area contributed by atoms with Crippen LogP contribution >= 0.6 is 11.8 Å². The minimum absolute atomic E-state index is 0.224. The first-order valence-corrected chi connectivity index (χ1v) is 10.2. The summed E-state index contributed by atoms with van der Waals surface area (Å²) >= 11 is 1.37. The van der Waals surface area contributed by atoms with Crippen LogP contribution in [0.5, 0.6) is 5.75 Å². The average Bonchev–Trinajstić information content (AvgIpc) is 2.64. The second kappa shape index (κ2) is 10.3. The van der Waals surface area contributed by atoms with Crippen LogP contribution in [0, 0.1) is 0 Å². The molecule has 0 aliphatic carbocycles. The zero-order chi connectivity index (χ0) is 18.9. The molecule has 1 aromatic carbocycles.